The summed E-state index contributed by atoms with van der Waals surface area (Å²) in [5, 5.41) is 5.87. The van der Waals surface area contributed by atoms with Crippen LogP contribution in [0.1, 0.15) is 34.6 Å². The highest BCUT2D eigenvalue weighted by Gasteiger charge is 2.16. The molecule has 140 valence electrons. The molecule has 27 heavy (non-hydrogen) atoms. The molecule has 3 aromatic rings. The number of halogens is 1. The summed E-state index contributed by atoms with van der Waals surface area (Å²) in [4.78, 5) is 33.3. The van der Waals surface area contributed by atoms with E-state index in [2.05, 4.69) is 20.6 Å². The molecule has 0 bridgehead atoms. The van der Waals surface area contributed by atoms with Crippen LogP contribution in [-0.4, -0.2) is 32.9 Å². The molecule has 0 saturated carbocycles. The molecule has 8 heteroatoms. The fourth-order valence-corrected chi connectivity index (χ4v) is 2.84. The van der Waals surface area contributed by atoms with Crippen molar-refractivity contribution >= 4 is 40.3 Å². The van der Waals surface area contributed by atoms with Crippen LogP contribution in [0.2, 0.25) is 5.02 Å². The van der Waals surface area contributed by atoms with E-state index in [1.165, 1.54) is 0 Å². The first kappa shape index (κ1) is 18.8. The van der Waals surface area contributed by atoms with Crippen LogP contribution in [0.4, 0.5) is 5.69 Å². The summed E-state index contributed by atoms with van der Waals surface area (Å²) in [5.74, 6) is -0.222. The number of carbonyl (C=O) groups is 2. The minimum Gasteiger partial charge on any atom is -0.352 e. The van der Waals surface area contributed by atoms with Gasteiger partial charge in [0.1, 0.15) is 5.52 Å². The predicted octanol–water partition coefficient (Wildman–Crippen LogP) is 3.26. The Hall–Kier alpha value is -2.93. The highest BCUT2D eigenvalue weighted by Crippen LogP contribution is 2.22. The van der Waals surface area contributed by atoms with Crippen LogP contribution in [0.15, 0.2) is 36.8 Å². The summed E-state index contributed by atoms with van der Waals surface area (Å²) >= 11 is 6.23. The van der Waals surface area contributed by atoms with Crippen molar-refractivity contribution < 1.29 is 9.59 Å². The number of anilines is 1. The standard InChI is InChI=1S/C19H20ClN5O2/c1-11(2)9-22-18(26)13-5-4-12(8-15(13)20)24-19(27)14-6-7-21-17-16(14)23-10-25(17)3/h4-8,10-11H,9H2,1-3H3,(H,22,26)(H,24,27). The number of hydrogen-bond acceptors (Lipinski definition) is 4. The fourth-order valence-electron chi connectivity index (χ4n) is 2.58. The quantitative estimate of drug-likeness (QED) is 0.705. The zero-order chi connectivity index (χ0) is 19.6. The lowest BCUT2D eigenvalue weighted by molar-refractivity contribution is 0.0948. The van der Waals surface area contributed by atoms with Gasteiger partial charge in [0.05, 0.1) is 22.5 Å². The molecule has 1 aromatic carbocycles. The van der Waals surface area contributed by atoms with Crippen LogP contribution >= 0.6 is 11.6 Å². The fraction of sp³-hybridized carbons (Fsp3) is 0.263. The molecule has 0 atom stereocenters. The minimum atomic E-state index is -0.325. The Morgan fingerprint density at radius 3 is 2.63 bits per heavy atom. The van der Waals surface area contributed by atoms with Gasteiger partial charge in [-0.1, -0.05) is 25.4 Å². The largest absolute Gasteiger partial charge is 0.352 e. The smallest absolute Gasteiger partial charge is 0.258 e. The van der Waals surface area contributed by atoms with E-state index in [4.69, 9.17) is 11.6 Å². The van der Waals surface area contributed by atoms with E-state index in [-0.39, 0.29) is 16.8 Å². The summed E-state index contributed by atoms with van der Waals surface area (Å²) in [6.07, 6.45) is 3.17. The molecule has 2 heterocycles. The Morgan fingerprint density at radius 1 is 1.15 bits per heavy atom. The SMILES string of the molecule is CC(C)CNC(=O)c1ccc(NC(=O)c2ccnc3c2ncn3C)cc1Cl. The van der Waals surface area contributed by atoms with Crippen LogP contribution in [0.3, 0.4) is 0 Å². The molecule has 7 nitrogen and oxygen atoms in total. The lowest BCUT2D eigenvalue weighted by atomic mass is 10.1. The first-order valence-electron chi connectivity index (χ1n) is 8.52. The van der Waals surface area contributed by atoms with Gasteiger partial charge in [0, 0.05) is 25.5 Å². The van der Waals surface area contributed by atoms with Crippen molar-refractivity contribution in [1.29, 1.82) is 0 Å². The topological polar surface area (TPSA) is 88.9 Å². The number of hydrogen-bond donors (Lipinski definition) is 2. The third-order valence-electron chi connectivity index (χ3n) is 3.99. The molecule has 0 radical (unpaired) electrons. The van der Waals surface area contributed by atoms with E-state index in [1.807, 2.05) is 20.9 Å². The molecule has 2 amide bonds. The van der Waals surface area contributed by atoms with Crippen LogP contribution in [0.5, 0.6) is 0 Å². The second kappa shape index (κ2) is 7.75. The Morgan fingerprint density at radius 2 is 1.93 bits per heavy atom. The van der Waals surface area contributed by atoms with Gasteiger partial charge in [-0.3, -0.25) is 9.59 Å². The molecule has 0 aliphatic heterocycles. The maximum absolute atomic E-state index is 12.6. The predicted molar refractivity (Wildman–Crippen MR) is 105 cm³/mol. The molecular weight excluding hydrogens is 366 g/mol. The number of imidazole rings is 1. The van der Waals surface area contributed by atoms with Crippen LogP contribution in [-0.2, 0) is 7.05 Å². The molecule has 0 aliphatic rings. The molecule has 3 rings (SSSR count). The van der Waals surface area contributed by atoms with E-state index in [0.717, 1.165) is 0 Å². The number of pyridine rings is 1. The van der Waals surface area contributed by atoms with E-state index in [1.54, 1.807) is 41.4 Å². The maximum Gasteiger partial charge on any atom is 0.258 e. The second-order valence-electron chi connectivity index (χ2n) is 6.64. The molecule has 0 fully saturated rings. The molecule has 0 unspecified atom stereocenters. The number of aryl methyl sites for hydroxylation is 1. The lowest BCUT2D eigenvalue weighted by Crippen LogP contribution is -2.27. The Kier molecular flexibility index (Phi) is 5.41. The number of amides is 2. The third kappa shape index (κ3) is 4.09. The van der Waals surface area contributed by atoms with Gasteiger partial charge >= 0.3 is 0 Å². The molecular formula is C19H20ClN5O2. The lowest BCUT2D eigenvalue weighted by Gasteiger charge is -2.11. The number of carbonyl (C=O) groups excluding carboxylic acids is 2. The number of benzene rings is 1. The number of rotatable bonds is 5. The summed E-state index contributed by atoms with van der Waals surface area (Å²) < 4.78 is 1.74. The van der Waals surface area contributed by atoms with Crippen LogP contribution in [0, 0.1) is 5.92 Å². The monoisotopic (exact) mass is 385 g/mol. The van der Waals surface area contributed by atoms with Gasteiger partial charge < -0.3 is 15.2 Å². The van der Waals surface area contributed by atoms with Gasteiger partial charge in [-0.2, -0.15) is 0 Å². The zero-order valence-electron chi connectivity index (χ0n) is 15.3. The third-order valence-corrected chi connectivity index (χ3v) is 4.30. The summed E-state index contributed by atoms with van der Waals surface area (Å²) in [5.41, 5.74) is 2.42. The van der Waals surface area contributed by atoms with Gasteiger partial charge in [0.25, 0.3) is 11.8 Å². The maximum atomic E-state index is 12.6. The van der Waals surface area contributed by atoms with Gasteiger partial charge in [-0.25, -0.2) is 9.97 Å². The first-order chi connectivity index (χ1) is 12.9. The Bertz CT molecular complexity index is 1010. The average Bonchev–Trinajstić information content (AvgIpc) is 3.01. The molecule has 0 spiro atoms. The molecule has 0 saturated heterocycles. The van der Waals surface area contributed by atoms with E-state index in [9.17, 15) is 9.59 Å². The highest BCUT2D eigenvalue weighted by molar-refractivity contribution is 6.34. The van der Waals surface area contributed by atoms with Crippen molar-refractivity contribution in [2.75, 3.05) is 11.9 Å². The number of fused-ring (bicyclic) bond motifs is 1. The number of nitrogens with one attached hydrogen (secondary N) is 2. The first-order valence-corrected chi connectivity index (χ1v) is 8.89. The Balaban J connectivity index is 1.78. The number of nitrogens with zero attached hydrogens (tertiary/aromatic N) is 3. The van der Waals surface area contributed by atoms with Gasteiger partial charge in [0.15, 0.2) is 5.65 Å². The van der Waals surface area contributed by atoms with E-state index < -0.39 is 0 Å². The summed E-state index contributed by atoms with van der Waals surface area (Å²) in [7, 11) is 1.81. The van der Waals surface area contributed by atoms with Crippen molar-refractivity contribution in [3.8, 4) is 0 Å². The van der Waals surface area contributed by atoms with Crippen molar-refractivity contribution in [2.45, 2.75) is 13.8 Å². The minimum absolute atomic E-state index is 0.240. The van der Waals surface area contributed by atoms with Crippen LogP contribution < -0.4 is 10.6 Å². The number of aromatic nitrogens is 3. The second-order valence-corrected chi connectivity index (χ2v) is 7.05. The van der Waals surface area contributed by atoms with Crippen molar-refractivity contribution in [1.82, 2.24) is 19.9 Å². The van der Waals surface area contributed by atoms with Gasteiger partial charge in [-0.15, -0.1) is 0 Å². The Labute approximate surface area is 161 Å². The summed E-state index contributed by atoms with van der Waals surface area (Å²) in [6.45, 7) is 4.59. The van der Waals surface area contributed by atoms with Crippen LogP contribution in [0.25, 0.3) is 11.2 Å². The zero-order valence-corrected chi connectivity index (χ0v) is 16.0. The van der Waals surface area contributed by atoms with Gasteiger partial charge in [0.2, 0.25) is 0 Å². The molecule has 2 aromatic heterocycles. The van der Waals surface area contributed by atoms with Crippen molar-refractivity contribution in [3.63, 3.8) is 0 Å². The van der Waals surface area contributed by atoms with Crippen molar-refractivity contribution in [3.05, 3.63) is 52.9 Å². The molecule has 2 N–H and O–H groups in total. The normalized spacial score (nSPS) is 11.0. The average molecular weight is 386 g/mol. The van der Waals surface area contributed by atoms with Gasteiger partial charge in [-0.05, 0) is 30.2 Å². The van der Waals surface area contributed by atoms with E-state index in [0.29, 0.717) is 40.4 Å². The summed E-state index contributed by atoms with van der Waals surface area (Å²) in [6, 6.07) is 6.40. The van der Waals surface area contributed by atoms with Crippen molar-refractivity contribution in [2.24, 2.45) is 13.0 Å². The van der Waals surface area contributed by atoms with E-state index >= 15 is 0 Å². The molecule has 0 aliphatic carbocycles. The highest BCUT2D eigenvalue weighted by atomic mass is 35.5.